The molecule has 0 heterocycles. The third-order valence-corrected chi connectivity index (χ3v) is 3.26. The highest BCUT2D eigenvalue weighted by atomic mass is 16.5. The molecule has 0 aromatic heterocycles. The molecular formula is C14H20N2O2. The third-order valence-electron chi connectivity index (χ3n) is 3.26. The SMILES string of the molecule is CNC(=O)c1ccc(NC(COC)C2CC2)cc1. The van der Waals surface area contributed by atoms with E-state index in [0.29, 0.717) is 11.6 Å². The van der Waals surface area contributed by atoms with E-state index in [-0.39, 0.29) is 5.91 Å². The summed E-state index contributed by atoms with van der Waals surface area (Å²) < 4.78 is 5.23. The van der Waals surface area contributed by atoms with Gasteiger partial charge in [0.05, 0.1) is 12.6 Å². The molecule has 18 heavy (non-hydrogen) atoms. The van der Waals surface area contributed by atoms with Crippen molar-refractivity contribution in [2.24, 2.45) is 5.92 Å². The van der Waals surface area contributed by atoms with Crippen LogP contribution in [0.15, 0.2) is 24.3 Å². The van der Waals surface area contributed by atoms with Gasteiger partial charge in [0.25, 0.3) is 5.91 Å². The van der Waals surface area contributed by atoms with Crippen molar-refractivity contribution in [2.45, 2.75) is 18.9 Å². The van der Waals surface area contributed by atoms with Crippen molar-refractivity contribution in [2.75, 3.05) is 26.1 Å². The molecule has 2 N–H and O–H groups in total. The van der Waals surface area contributed by atoms with Crippen molar-refractivity contribution >= 4 is 11.6 Å². The van der Waals surface area contributed by atoms with E-state index in [4.69, 9.17) is 4.74 Å². The number of nitrogens with one attached hydrogen (secondary N) is 2. The smallest absolute Gasteiger partial charge is 0.251 e. The highest BCUT2D eigenvalue weighted by Crippen LogP contribution is 2.34. The molecule has 0 aliphatic heterocycles. The first-order valence-electron chi connectivity index (χ1n) is 6.32. The maximum absolute atomic E-state index is 11.4. The molecule has 1 saturated carbocycles. The zero-order chi connectivity index (χ0) is 13.0. The van der Waals surface area contributed by atoms with E-state index < -0.39 is 0 Å². The number of anilines is 1. The predicted molar refractivity (Wildman–Crippen MR) is 71.8 cm³/mol. The van der Waals surface area contributed by atoms with Crippen LogP contribution >= 0.6 is 0 Å². The summed E-state index contributed by atoms with van der Waals surface area (Å²) in [5.41, 5.74) is 1.72. The molecule has 2 rings (SSSR count). The van der Waals surface area contributed by atoms with E-state index in [1.54, 1.807) is 14.2 Å². The quantitative estimate of drug-likeness (QED) is 0.808. The molecule has 1 atom stereocenters. The highest BCUT2D eigenvalue weighted by molar-refractivity contribution is 5.94. The lowest BCUT2D eigenvalue weighted by Gasteiger charge is -2.18. The Morgan fingerprint density at radius 3 is 2.56 bits per heavy atom. The largest absolute Gasteiger partial charge is 0.383 e. The first-order valence-corrected chi connectivity index (χ1v) is 6.32. The van der Waals surface area contributed by atoms with E-state index in [0.717, 1.165) is 18.2 Å². The summed E-state index contributed by atoms with van der Waals surface area (Å²) >= 11 is 0. The molecular weight excluding hydrogens is 228 g/mol. The lowest BCUT2D eigenvalue weighted by atomic mass is 10.1. The van der Waals surface area contributed by atoms with Gasteiger partial charge in [-0.3, -0.25) is 4.79 Å². The van der Waals surface area contributed by atoms with E-state index in [9.17, 15) is 4.79 Å². The summed E-state index contributed by atoms with van der Waals surface area (Å²) in [7, 11) is 3.36. The van der Waals surface area contributed by atoms with Crippen molar-refractivity contribution in [3.63, 3.8) is 0 Å². The van der Waals surface area contributed by atoms with Gasteiger partial charge in [-0.15, -0.1) is 0 Å². The number of rotatable bonds is 6. The summed E-state index contributed by atoms with van der Waals surface area (Å²) in [6.07, 6.45) is 2.55. The number of amides is 1. The standard InChI is InChI=1S/C14H20N2O2/c1-15-14(17)11-5-7-12(8-6-11)16-13(9-18-2)10-3-4-10/h5-8,10,13,16H,3-4,9H2,1-2H3,(H,15,17). The summed E-state index contributed by atoms with van der Waals surface area (Å²) in [6.45, 7) is 0.724. The van der Waals surface area contributed by atoms with E-state index in [2.05, 4.69) is 10.6 Å². The van der Waals surface area contributed by atoms with Crippen molar-refractivity contribution < 1.29 is 9.53 Å². The van der Waals surface area contributed by atoms with Crippen molar-refractivity contribution in [3.05, 3.63) is 29.8 Å². The van der Waals surface area contributed by atoms with Gasteiger partial charge in [-0.2, -0.15) is 0 Å². The van der Waals surface area contributed by atoms with Crippen LogP contribution in [0.5, 0.6) is 0 Å². The van der Waals surface area contributed by atoms with Gasteiger partial charge in [0.1, 0.15) is 0 Å². The number of carbonyl (C=O) groups excluding carboxylic acids is 1. The summed E-state index contributed by atoms with van der Waals surface area (Å²) in [5.74, 6) is 0.667. The second kappa shape index (κ2) is 5.87. The Morgan fingerprint density at radius 2 is 2.06 bits per heavy atom. The van der Waals surface area contributed by atoms with Gasteiger partial charge in [0, 0.05) is 25.4 Å². The first-order chi connectivity index (χ1) is 8.74. The molecule has 0 radical (unpaired) electrons. The Balaban J connectivity index is 1.98. The van der Waals surface area contributed by atoms with Crippen molar-refractivity contribution in [1.82, 2.24) is 5.32 Å². The molecule has 1 aliphatic rings. The Bertz CT molecular complexity index is 399. The Kier molecular flexibility index (Phi) is 4.20. The van der Waals surface area contributed by atoms with Crippen LogP contribution in [0.2, 0.25) is 0 Å². The number of carbonyl (C=O) groups is 1. The molecule has 1 fully saturated rings. The van der Waals surface area contributed by atoms with E-state index in [1.807, 2.05) is 24.3 Å². The molecule has 98 valence electrons. The molecule has 4 nitrogen and oxygen atoms in total. The second-order valence-corrected chi connectivity index (χ2v) is 4.70. The van der Waals surface area contributed by atoms with Crippen LogP contribution in [0.3, 0.4) is 0 Å². The van der Waals surface area contributed by atoms with Gasteiger partial charge < -0.3 is 15.4 Å². The molecule has 1 aromatic carbocycles. The third kappa shape index (κ3) is 3.23. The zero-order valence-electron chi connectivity index (χ0n) is 10.9. The number of hydrogen-bond acceptors (Lipinski definition) is 3. The van der Waals surface area contributed by atoms with Gasteiger partial charge in [-0.1, -0.05) is 0 Å². The Hall–Kier alpha value is -1.55. The summed E-state index contributed by atoms with van der Waals surface area (Å²) in [5, 5.41) is 6.08. The molecule has 1 aliphatic carbocycles. The number of hydrogen-bond donors (Lipinski definition) is 2. The molecule has 0 saturated heterocycles. The lowest BCUT2D eigenvalue weighted by Crippen LogP contribution is -2.27. The Morgan fingerprint density at radius 1 is 1.39 bits per heavy atom. The zero-order valence-corrected chi connectivity index (χ0v) is 10.9. The first kappa shape index (κ1) is 12.9. The van der Waals surface area contributed by atoms with E-state index >= 15 is 0 Å². The van der Waals surface area contributed by atoms with Crippen molar-refractivity contribution in [1.29, 1.82) is 0 Å². The average Bonchev–Trinajstić information content (AvgIpc) is 3.22. The van der Waals surface area contributed by atoms with E-state index in [1.165, 1.54) is 12.8 Å². The summed E-state index contributed by atoms with van der Waals surface area (Å²) in [4.78, 5) is 11.4. The second-order valence-electron chi connectivity index (χ2n) is 4.70. The molecule has 0 bridgehead atoms. The topological polar surface area (TPSA) is 50.4 Å². The average molecular weight is 248 g/mol. The number of methoxy groups -OCH3 is 1. The van der Waals surface area contributed by atoms with Gasteiger partial charge in [0.15, 0.2) is 0 Å². The molecule has 1 amide bonds. The van der Waals surface area contributed by atoms with Crippen LogP contribution in [0, 0.1) is 5.92 Å². The van der Waals surface area contributed by atoms with Gasteiger partial charge in [-0.25, -0.2) is 0 Å². The van der Waals surface area contributed by atoms with Gasteiger partial charge in [-0.05, 0) is 43.0 Å². The summed E-state index contributed by atoms with van der Waals surface area (Å²) in [6, 6.07) is 7.92. The normalized spacial score (nSPS) is 16.1. The molecule has 1 aromatic rings. The highest BCUT2D eigenvalue weighted by Gasteiger charge is 2.31. The van der Waals surface area contributed by atoms with Crippen LogP contribution in [0.4, 0.5) is 5.69 Å². The minimum atomic E-state index is -0.0582. The molecule has 1 unspecified atom stereocenters. The van der Waals surface area contributed by atoms with Gasteiger partial charge >= 0.3 is 0 Å². The van der Waals surface area contributed by atoms with Crippen LogP contribution in [0.25, 0.3) is 0 Å². The van der Waals surface area contributed by atoms with Crippen LogP contribution < -0.4 is 10.6 Å². The van der Waals surface area contributed by atoms with Crippen molar-refractivity contribution in [3.8, 4) is 0 Å². The van der Waals surface area contributed by atoms with Crippen LogP contribution in [0.1, 0.15) is 23.2 Å². The lowest BCUT2D eigenvalue weighted by molar-refractivity contribution is 0.0963. The minimum Gasteiger partial charge on any atom is -0.383 e. The van der Waals surface area contributed by atoms with Crippen LogP contribution in [-0.4, -0.2) is 32.7 Å². The number of benzene rings is 1. The predicted octanol–water partition coefficient (Wildman–Crippen LogP) is 1.88. The maximum atomic E-state index is 11.4. The molecule has 0 spiro atoms. The molecule has 4 heteroatoms. The fourth-order valence-corrected chi connectivity index (χ4v) is 2.05. The number of ether oxygens (including phenoxy) is 1. The monoisotopic (exact) mass is 248 g/mol. The fraction of sp³-hybridized carbons (Fsp3) is 0.500. The maximum Gasteiger partial charge on any atom is 0.251 e. The fourth-order valence-electron chi connectivity index (χ4n) is 2.05. The Labute approximate surface area is 108 Å². The minimum absolute atomic E-state index is 0.0582. The van der Waals surface area contributed by atoms with Crippen LogP contribution in [-0.2, 0) is 4.74 Å². The van der Waals surface area contributed by atoms with Gasteiger partial charge in [0.2, 0.25) is 0 Å².